The number of nitrogens with one attached hydrogen (secondary N) is 1. The van der Waals surface area contributed by atoms with Crippen LogP contribution in [0.3, 0.4) is 0 Å². The Hall–Kier alpha value is -3.75. The van der Waals surface area contributed by atoms with Gasteiger partial charge < -0.3 is 14.5 Å². The third kappa shape index (κ3) is 4.25. The molecule has 0 atom stereocenters. The Morgan fingerprint density at radius 1 is 1.12 bits per heavy atom. The van der Waals surface area contributed by atoms with E-state index in [4.69, 9.17) is 25.7 Å². The number of fused-ring (bicyclic) bond motifs is 3. The number of aromatic nitrogens is 2. The number of furan rings is 1. The Kier molecular flexibility index (Phi) is 6.00. The maximum absolute atomic E-state index is 13.5. The van der Waals surface area contributed by atoms with Gasteiger partial charge >= 0.3 is 5.56 Å². The summed E-state index contributed by atoms with van der Waals surface area (Å²) in [7, 11) is 1.57. The minimum absolute atomic E-state index is 0.0381. The highest BCUT2D eigenvalue weighted by Gasteiger charge is 2.20. The van der Waals surface area contributed by atoms with Gasteiger partial charge in [-0.05, 0) is 54.6 Å². The standard InChI is InChI=1S/C25H18ClN3O4S/c1-32-18-11-9-17(10-12-18)29-24(31)23-22(19-7-2-3-8-20(19)33-23)28-25(29)34-14-21(30)27-16-6-4-5-15(26)13-16/h2-13H,14H2,1H3,(H,27,30). The van der Waals surface area contributed by atoms with Gasteiger partial charge in [-0.2, -0.15) is 0 Å². The Morgan fingerprint density at radius 3 is 2.68 bits per heavy atom. The number of amides is 1. The first-order valence-corrected chi connectivity index (χ1v) is 11.7. The molecule has 0 aliphatic rings. The smallest absolute Gasteiger partial charge is 0.302 e. The molecule has 0 bridgehead atoms. The number of ether oxygens (including phenoxy) is 1. The third-order valence-electron chi connectivity index (χ3n) is 5.14. The zero-order chi connectivity index (χ0) is 23.7. The SMILES string of the molecule is COc1ccc(-n2c(SCC(=O)Nc3cccc(Cl)c3)nc3c(oc4ccccc43)c2=O)cc1. The topological polar surface area (TPSA) is 86.4 Å². The first-order valence-electron chi connectivity index (χ1n) is 10.3. The van der Waals surface area contributed by atoms with E-state index < -0.39 is 0 Å². The molecule has 0 saturated carbocycles. The van der Waals surface area contributed by atoms with Gasteiger partial charge in [-0.25, -0.2) is 4.98 Å². The first kappa shape index (κ1) is 22.1. The molecular weight excluding hydrogens is 474 g/mol. The van der Waals surface area contributed by atoms with Gasteiger partial charge in [-0.15, -0.1) is 0 Å². The van der Waals surface area contributed by atoms with Crippen molar-refractivity contribution in [1.82, 2.24) is 9.55 Å². The molecule has 0 spiro atoms. The molecule has 5 rings (SSSR count). The van der Waals surface area contributed by atoms with Gasteiger partial charge in [0.1, 0.15) is 16.8 Å². The second-order valence-electron chi connectivity index (χ2n) is 7.36. The summed E-state index contributed by atoms with van der Waals surface area (Å²) in [5, 5.41) is 4.44. The summed E-state index contributed by atoms with van der Waals surface area (Å²) in [5.41, 5.74) is 2.01. The van der Waals surface area contributed by atoms with E-state index in [-0.39, 0.29) is 22.8 Å². The number of carbonyl (C=O) groups excluding carboxylic acids is 1. The van der Waals surface area contributed by atoms with Gasteiger partial charge in [0.25, 0.3) is 0 Å². The minimum atomic E-state index is -0.357. The molecule has 2 aromatic heterocycles. The van der Waals surface area contributed by atoms with Crippen molar-refractivity contribution < 1.29 is 13.9 Å². The van der Waals surface area contributed by atoms with Crippen LogP contribution in [-0.4, -0.2) is 28.3 Å². The maximum Gasteiger partial charge on any atom is 0.302 e. The number of nitrogens with zero attached hydrogens (tertiary/aromatic N) is 2. The van der Waals surface area contributed by atoms with Crippen LogP contribution in [0.4, 0.5) is 5.69 Å². The van der Waals surface area contributed by atoms with Crippen molar-refractivity contribution in [1.29, 1.82) is 0 Å². The first-order chi connectivity index (χ1) is 16.5. The lowest BCUT2D eigenvalue weighted by atomic mass is 10.2. The van der Waals surface area contributed by atoms with Crippen LogP contribution in [0.2, 0.25) is 5.02 Å². The normalized spacial score (nSPS) is 11.1. The fourth-order valence-electron chi connectivity index (χ4n) is 3.57. The molecule has 5 aromatic rings. The van der Waals surface area contributed by atoms with Gasteiger partial charge in [-0.3, -0.25) is 14.2 Å². The summed E-state index contributed by atoms with van der Waals surface area (Å²) in [4.78, 5) is 30.9. The van der Waals surface area contributed by atoms with Crippen LogP contribution >= 0.6 is 23.4 Å². The van der Waals surface area contributed by atoms with Crippen LogP contribution in [0, 0.1) is 0 Å². The quantitative estimate of drug-likeness (QED) is 0.248. The van der Waals surface area contributed by atoms with Gasteiger partial charge in [0.15, 0.2) is 5.16 Å². The van der Waals surface area contributed by atoms with Crippen LogP contribution in [-0.2, 0) is 4.79 Å². The van der Waals surface area contributed by atoms with Crippen LogP contribution in [0.1, 0.15) is 0 Å². The predicted octanol–water partition coefficient (Wildman–Crippen LogP) is 5.52. The molecule has 2 heterocycles. The summed E-state index contributed by atoms with van der Waals surface area (Å²) in [6.45, 7) is 0. The summed E-state index contributed by atoms with van der Waals surface area (Å²) in [5.74, 6) is 0.445. The molecular formula is C25H18ClN3O4S. The van der Waals surface area contributed by atoms with E-state index in [1.165, 1.54) is 4.57 Å². The lowest BCUT2D eigenvalue weighted by Gasteiger charge is -2.12. The zero-order valence-electron chi connectivity index (χ0n) is 17.9. The van der Waals surface area contributed by atoms with Crippen LogP contribution in [0.15, 0.2) is 87.2 Å². The minimum Gasteiger partial charge on any atom is -0.497 e. The number of hydrogen-bond acceptors (Lipinski definition) is 6. The summed E-state index contributed by atoms with van der Waals surface area (Å²) >= 11 is 7.16. The molecule has 0 aliphatic heterocycles. The molecule has 1 amide bonds. The second-order valence-corrected chi connectivity index (χ2v) is 8.74. The highest BCUT2D eigenvalue weighted by Crippen LogP contribution is 2.29. The lowest BCUT2D eigenvalue weighted by Crippen LogP contribution is -2.22. The summed E-state index contributed by atoms with van der Waals surface area (Å²) in [6.07, 6.45) is 0. The second kappa shape index (κ2) is 9.24. The average molecular weight is 492 g/mol. The number of anilines is 1. The van der Waals surface area contributed by atoms with Gasteiger partial charge in [0, 0.05) is 16.1 Å². The summed E-state index contributed by atoms with van der Waals surface area (Å²) in [6, 6.07) is 21.3. The van der Waals surface area contributed by atoms with Crippen molar-refractivity contribution in [3.63, 3.8) is 0 Å². The molecule has 0 fully saturated rings. The van der Waals surface area contributed by atoms with E-state index in [0.717, 1.165) is 17.1 Å². The molecule has 7 nitrogen and oxygen atoms in total. The number of thioether (sulfide) groups is 1. The fourth-order valence-corrected chi connectivity index (χ4v) is 4.57. The predicted molar refractivity (Wildman–Crippen MR) is 134 cm³/mol. The molecule has 0 saturated heterocycles. The molecule has 170 valence electrons. The lowest BCUT2D eigenvalue weighted by molar-refractivity contribution is -0.113. The third-order valence-corrected chi connectivity index (χ3v) is 6.31. The van der Waals surface area contributed by atoms with Crippen molar-refractivity contribution in [2.24, 2.45) is 0 Å². The van der Waals surface area contributed by atoms with E-state index in [1.807, 2.05) is 18.2 Å². The number of halogens is 1. The van der Waals surface area contributed by atoms with Crippen molar-refractivity contribution in [2.75, 3.05) is 18.2 Å². The fraction of sp³-hybridized carbons (Fsp3) is 0.0800. The number of carbonyl (C=O) groups is 1. The van der Waals surface area contributed by atoms with Crippen LogP contribution in [0.25, 0.3) is 27.8 Å². The number of rotatable bonds is 6. The highest BCUT2D eigenvalue weighted by atomic mass is 35.5. The molecule has 0 unspecified atom stereocenters. The number of hydrogen-bond donors (Lipinski definition) is 1. The van der Waals surface area contributed by atoms with Crippen LogP contribution < -0.4 is 15.6 Å². The number of benzene rings is 3. The highest BCUT2D eigenvalue weighted by molar-refractivity contribution is 7.99. The number of methoxy groups -OCH3 is 1. The van der Waals surface area contributed by atoms with Crippen molar-refractivity contribution in [3.8, 4) is 11.4 Å². The number of para-hydroxylation sites is 1. The van der Waals surface area contributed by atoms with E-state index in [1.54, 1.807) is 61.7 Å². The molecule has 0 radical (unpaired) electrons. The van der Waals surface area contributed by atoms with Gasteiger partial charge in [-0.1, -0.05) is 41.6 Å². The van der Waals surface area contributed by atoms with E-state index in [9.17, 15) is 9.59 Å². The largest absolute Gasteiger partial charge is 0.497 e. The van der Waals surface area contributed by atoms with E-state index in [0.29, 0.717) is 38.4 Å². The molecule has 34 heavy (non-hydrogen) atoms. The van der Waals surface area contributed by atoms with Crippen molar-refractivity contribution in [2.45, 2.75) is 5.16 Å². The Labute approximate surface area is 203 Å². The molecule has 0 aliphatic carbocycles. The molecule has 1 N–H and O–H groups in total. The molecule has 9 heteroatoms. The van der Waals surface area contributed by atoms with Gasteiger partial charge in [0.05, 0.1) is 18.6 Å². The van der Waals surface area contributed by atoms with Crippen molar-refractivity contribution >= 4 is 57.0 Å². The average Bonchev–Trinajstić information content (AvgIpc) is 3.22. The van der Waals surface area contributed by atoms with E-state index >= 15 is 0 Å². The van der Waals surface area contributed by atoms with Crippen LogP contribution in [0.5, 0.6) is 5.75 Å². The summed E-state index contributed by atoms with van der Waals surface area (Å²) < 4.78 is 12.5. The molecule has 3 aromatic carbocycles. The zero-order valence-corrected chi connectivity index (χ0v) is 19.5. The monoisotopic (exact) mass is 491 g/mol. The van der Waals surface area contributed by atoms with Gasteiger partial charge in [0.2, 0.25) is 11.5 Å². The Morgan fingerprint density at radius 2 is 1.91 bits per heavy atom. The Balaban J connectivity index is 1.55. The Bertz CT molecular complexity index is 1580. The maximum atomic E-state index is 13.5. The van der Waals surface area contributed by atoms with E-state index in [2.05, 4.69) is 5.32 Å². The van der Waals surface area contributed by atoms with Crippen molar-refractivity contribution in [3.05, 3.63) is 88.2 Å².